The molecule has 0 aliphatic carbocycles. The number of hydrogen-bond acceptors (Lipinski definition) is 7. The second-order valence-electron chi connectivity index (χ2n) is 11.2. The van der Waals surface area contributed by atoms with Crippen LogP contribution in [0.1, 0.15) is 25.5 Å². The number of fused-ring (bicyclic) bond motifs is 1. The van der Waals surface area contributed by atoms with Gasteiger partial charge < -0.3 is 14.5 Å². The van der Waals surface area contributed by atoms with Crippen LogP contribution in [0.2, 0.25) is 0 Å². The molecule has 1 unspecified atom stereocenters. The van der Waals surface area contributed by atoms with Crippen LogP contribution in [0, 0.1) is 5.82 Å². The van der Waals surface area contributed by atoms with E-state index in [9.17, 15) is 14.0 Å². The van der Waals surface area contributed by atoms with Crippen molar-refractivity contribution >= 4 is 45.3 Å². The molecule has 9 nitrogen and oxygen atoms in total. The molecule has 14 heteroatoms. The Morgan fingerprint density at radius 1 is 1.18 bits per heavy atom. The molecule has 0 spiro atoms. The topological polar surface area (TPSA) is 85.5 Å². The van der Waals surface area contributed by atoms with E-state index < -0.39 is 29.3 Å². The number of carbonyl (C=O) groups excluding carboxylic acids is 1. The number of carbonyl (C=O) groups is 1. The lowest BCUT2D eigenvalue weighted by Crippen LogP contribution is -2.58. The van der Waals surface area contributed by atoms with Crippen molar-refractivity contribution < 1.29 is 27.1 Å². The third-order valence-electron chi connectivity index (χ3n) is 8.36. The third-order valence-corrected chi connectivity index (χ3v) is 9.60. The number of piperazine rings is 1. The number of benzene rings is 2. The summed E-state index contributed by atoms with van der Waals surface area (Å²) in [4.78, 5) is 34.4. The maximum Gasteiger partial charge on any atom is 0.417 e. The van der Waals surface area contributed by atoms with Gasteiger partial charge in [0.1, 0.15) is 11.6 Å². The Kier molecular flexibility index (Phi) is 7.47. The van der Waals surface area contributed by atoms with E-state index in [1.54, 1.807) is 16.8 Å². The van der Waals surface area contributed by atoms with Crippen LogP contribution in [0.5, 0.6) is 0 Å². The van der Waals surface area contributed by atoms with E-state index in [1.807, 2.05) is 13.8 Å². The molecule has 232 valence electrons. The highest BCUT2D eigenvalue weighted by Gasteiger charge is 2.41. The smallest absolute Gasteiger partial charge is 0.383 e. The van der Waals surface area contributed by atoms with E-state index in [4.69, 9.17) is 4.74 Å². The zero-order valence-electron chi connectivity index (χ0n) is 24.5. The largest absolute Gasteiger partial charge is 0.417 e. The number of ether oxygens (including phenoxy) is 1. The highest BCUT2D eigenvalue weighted by molar-refractivity contribution is 7.99. The Morgan fingerprint density at radius 3 is 2.52 bits per heavy atom. The van der Waals surface area contributed by atoms with Gasteiger partial charge in [-0.25, -0.2) is 9.18 Å². The first kappa shape index (κ1) is 30.1. The molecular weight excluding hydrogens is 600 g/mol. The average molecular weight is 631 g/mol. The fourth-order valence-corrected chi connectivity index (χ4v) is 7.95. The quantitative estimate of drug-likeness (QED) is 0.226. The summed E-state index contributed by atoms with van der Waals surface area (Å²) in [5.74, 6) is -0.476. The minimum Gasteiger partial charge on any atom is -0.383 e. The van der Waals surface area contributed by atoms with E-state index in [0.717, 1.165) is 12.1 Å². The van der Waals surface area contributed by atoms with E-state index >= 15 is 13.2 Å². The van der Waals surface area contributed by atoms with Crippen molar-refractivity contribution in [3.63, 3.8) is 0 Å². The van der Waals surface area contributed by atoms with Crippen LogP contribution in [-0.4, -0.2) is 74.8 Å². The van der Waals surface area contributed by atoms with Gasteiger partial charge in [0.25, 0.3) is 0 Å². The summed E-state index contributed by atoms with van der Waals surface area (Å²) >= 11 is 1.20. The molecule has 44 heavy (non-hydrogen) atoms. The zero-order chi connectivity index (χ0) is 31.7. The van der Waals surface area contributed by atoms with Crippen molar-refractivity contribution in [1.82, 2.24) is 24.2 Å². The molecule has 4 heterocycles. The molecule has 3 atom stereocenters. The SMILES string of the molecule is C=CC(=O)N1[C@H](C)CN(c2nc(=O)n3c4c(c(-c5ccc(F)c6cnn(C)c56)c(C(F)(F)F)cc24)SCC3COC)C[C@@H]1C. The molecule has 0 radical (unpaired) electrons. The lowest BCUT2D eigenvalue weighted by Gasteiger charge is -2.45. The Bertz CT molecular complexity index is 1880. The van der Waals surface area contributed by atoms with Gasteiger partial charge in [-0.15, -0.1) is 11.8 Å². The van der Waals surface area contributed by atoms with Gasteiger partial charge in [-0.3, -0.25) is 14.0 Å². The fourth-order valence-electron chi connectivity index (χ4n) is 6.63. The molecule has 4 aromatic rings. The van der Waals surface area contributed by atoms with Crippen molar-refractivity contribution in [2.75, 3.05) is 37.5 Å². The molecule has 0 N–H and O–H groups in total. The van der Waals surface area contributed by atoms with Crippen LogP contribution >= 0.6 is 11.8 Å². The first-order valence-corrected chi connectivity index (χ1v) is 15.0. The van der Waals surface area contributed by atoms with Gasteiger partial charge in [0, 0.05) is 66.5 Å². The maximum atomic E-state index is 15.1. The van der Waals surface area contributed by atoms with Crippen molar-refractivity contribution in [3.05, 3.63) is 58.9 Å². The highest BCUT2D eigenvalue weighted by Crippen LogP contribution is 2.51. The average Bonchev–Trinajstić information content (AvgIpc) is 3.36. The van der Waals surface area contributed by atoms with E-state index in [-0.39, 0.29) is 81.6 Å². The second kappa shape index (κ2) is 10.9. The molecule has 1 amide bonds. The Balaban J connectivity index is 1.69. The van der Waals surface area contributed by atoms with Crippen LogP contribution in [0.3, 0.4) is 0 Å². The number of nitrogens with zero attached hydrogens (tertiary/aromatic N) is 6. The summed E-state index contributed by atoms with van der Waals surface area (Å²) in [5.41, 5.74) is -1.02. The maximum absolute atomic E-state index is 15.1. The number of alkyl halides is 3. The molecule has 2 aliphatic rings. The third kappa shape index (κ3) is 4.66. The minimum atomic E-state index is -4.81. The van der Waals surface area contributed by atoms with Crippen molar-refractivity contribution in [2.24, 2.45) is 7.05 Å². The molecule has 0 bridgehead atoms. The highest BCUT2D eigenvalue weighted by atomic mass is 32.2. The normalized spacial score (nSPS) is 20.5. The molecule has 6 rings (SSSR count). The lowest BCUT2D eigenvalue weighted by molar-refractivity contribution is -0.137. The second-order valence-corrected chi connectivity index (χ2v) is 12.2. The van der Waals surface area contributed by atoms with E-state index in [1.165, 1.54) is 46.5 Å². The number of aryl methyl sites for hydroxylation is 1. The summed E-state index contributed by atoms with van der Waals surface area (Å²) in [7, 11) is 3.04. The van der Waals surface area contributed by atoms with Gasteiger partial charge in [0.05, 0.1) is 40.8 Å². The number of thioether (sulfide) groups is 1. The number of anilines is 1. The van der Waals surface area contributed by atoms with Crippen molar-refractivity contribution in [1.29, 1.82) is 0 Å². The van der Waals surface area contributed by atoms with Crippen molar-refractivity contribution in [3.8, 4) is 11.1 Å². The fraction of sp³-hybridized carbons (Fsp3) is 0.400. The van der Waals surface area contributed by atoms with Crippen LogP contribution in [0.25, 0.3) is 32.9 Å². The predicted octanol–water partition coefficient (Wildman–Crippen LogP) is 5.01. The number of methoxy groups -OCH3 is 1. The lowest BCUT2D eigenvalue weighted by atomic mass is 9.94. The van der Waals surface area contributed by atoms with Gasteiger partial charge in [0.2, 0.25) is 5.91 Å². The summed E-state index contributed by atoms with van der Waals surface area (Å²) < 4.78 is 68.1. The van der Waals surface area contributed by atoms with Gasteiger partial charge in [0.15, 0.2) is 0 Å². The summed E-state index contributed by atoms with van der Waals surface area (Å²) in [6.07, 6.45) is -2.29. The minimum absolute atomic E-state index is 0.0891. The summed E-state index contributed by atoms with van der Waals surface area (Å²) in [6, 6.07) is 2.37. The Labute approximate surface area is 254 Å². The number of amides is 1. The van der Waals surface area contributed by atoms with Gasteiger partial charge in [-0.1, -0.05) is 6.58 Å². The van der Waals surface area contributed by atoms with Crippen LogP contribution < -0.4 is 10.6 Å². The molecule has 0 saturated carbocycles. The summed E-state index contributed by atoms with van der Waals surface area (Å²) in [6.45, 7) is 7.89. The number of hydrogen-bond donors (Lipinski definition) is 0. The number of aromatic nitrogens is 4. The number of halogens is 4. The monoisotopic (exact) mass is 630 g/mol. The molecule has 2 aromatic heterocycles. The summed E-state index contributed by atoms with van der Waals surface area (Å²) in [5, 5.41) is 4.37. The first-order chi connectivity index (χ1) is 20.9. The van der Waals surface area contributed by atoms with Gasteiger partial charge >= 0.3 is 11.9 Å². The molecule has 2 aromatic carbocycles. The molecular formula is C30H30F4N6O3S. The van der Waals surface area contributed by atoms with E-state index in [2.05, 4.69) is 16.7 Å². The standard InChI is InChI=1S/C30H30F4N6O3S/c1-6-23(41)39-15(2)11-38(12-16(39)3)28-19-9-21(30(32,33)34)24(18-7-8-22(31)20-10-35-37(4)25(18)20)27-26(19)40(29(42)36-28)17(13-43-5)14-44-27/h6-10,15-17H,1,11-14H2,2-5H3/t15-,16+,17?. The van der Waals surface area contributed by atoms with Crippen LogP contribution in [0.4, 0.5) is 23.4 Å². The van der Waals surface area contributed by atoms with Crippen LogP contribution in [-0.2, 0) is 22.8 Å². The van der Waals surface area contributed by atoms with Crippen molar-refractivity contribution in [2.45, 2.75) is 43.0 Å². The van der Waals surface area contributed by atoms with Gasteiger partial charge in [-0.05, 0) is 38.1 Å². The molecule has 2 aliphatic heterocycles. The van der Waals surface area contributed by atoms with E-state index in [0.29, 0.717) is 5.52 Å². The zero-order valence-corrected chi connectivity index (χ0v) is 25.3. The molecule has 1 saturated heterocycles. The molecule has 1 fully saturated rings. The van der Waals surface area contributed by atoms with Gasteiger partial charge in [-0.2, -0.15) is 23.3 Å². The number of rotatable bonds is 5. The predicted molar refractivity (Wildman–Crippen MR) is 160 cm³/mol. The first-order valence-electron chi connectivity index (χ1n) is 14.0. The van der Waals surface area contributed by atoms with Crippen LogP contribution in [0.15, 0.2) is 46.7 Å². The Hall–Kier alpha value is -3.91. The Morgan fingerprint density at radius 2 is 1.89 bits per heavy atom.